The predicted octanol–water partition coefficient (Wildman–Crippen LogP) is 3.03. The molecule has 1 aromatic heterocycles. The summed E-state index contributed by atoms with van der Waals surface area (Å²) >= 11 is 0. The van der Waals surface area contributed by atoms with Crippen molar-refractivity contribution < 1.29 is 23.8 Å². The Hall–Kier alpha value is -2.76. The van der Waals surface area contributed by atoms with E-state index in [0.29, 0.717) is 12.2 Å². The highest BCUT2D eigenvalue weighted by atomic mass is 16.5. The van der Waals surface area contributed by atoms with Gasteiger partial charge in [-0.2, -0.15) is 0 Å². The van der Waals surface area contributed by atoms with E-state index in [4.69, 9.17) is 14.3 Å². The maximum Gasteiger partial charge on any atom is 0.311 e. The number of para-hydroxylation sites is 1. The number of aryl methyl sites for hydroxylation is 3. The standard InChI is InChI=1S/C19H23NO5/c1-11-6-5-7-12(2)18(11)25-10-14(4)20-19(23)17-13(3)9-24-15(17)8-16(21)22/h5-7,9,14H,8,10H2,1-4H3,(H,20,23)(H,21,22). The summed E-state index contributed by atoms with van der Waals surface area (Å²) in [6, 6.07) is 5.66. The van der Waals surface area contributed by atoms with Crippen LogP contribution in [0.25, 0.3) is 0 Å². The molecular weight excluding hydrogens is 322 g/mol. The van der Waals surface area contributed by atoms with Gasteiger partial charge in [0.05, 0.1) is 17.9 Å². The first-order valence-corrected chi connectivity index (χ1v) is 8.08. The fourth-order valence-electron chi connectivity index (χ4n) is 2.64. The van der Waals surface area contributed by atoms with E-state index in [9.17, 15) is 9.59 Å². The molecule has 0 radical (unpaired) electrons. The summed E-state index contributed by atoms with van der Waals surface area (Å²) in [4.78, 5) is 23.4. The lowest BCUT2D eigenvalue weighted by molar-refractivity contribution is -0.136. The highest BCUT2D eigenvalue weighted by molar-refractivity contribution is 5.97. The summed E-state index contributed by atoms with van der Waals surface area (Å²) in [5.74, 6) is -0.435. The van der Waals surface area contributed by atoms with Crippen molar-refractivity contribution in [3.63, 3.8) is 0 Å². The first-order chi connectivity index (χ1) is 11.8. The summed E-state index contributed by atoms with van der Waals surface area (Å²) in [7, 11) is 0. The monoisotopic (exact) mass is 345 g/mol. The zero-order valence-electron chi connectivity index (χ0n) is 14.9. The number of carbonyl (C=O) groups is 2. The van der Waals surface area contributed by atoms with Crippen LogP contribution in [0.5, 0.6) is 5.75 Å². The molecular formula is C19H23NO5. The topological polar surface area (TPSA) is 88.8 Å². The number of nitrogens with one attached hydrogen (secondary N) is 1. The lowest BCUT2D eigenvalue weighted by Gasteiger charge is -2.17. The summed E-state index contributed by atoms with van der Waals surface area (Å²) in [5, 5.41) is 11.7. The second kappa shape index (κ2) is 7.88. The van der Waals surface area contributed by atoms with Gasteiger partial charge in [-0.05, 0) is 38.8 Å². The molecule has 0 aliphatic rings. The summed E-state index contributed by atoms with van der Waals surface area (Å²) in [6.45, 7) is 7.79. The molecule has 0 saturated carbocycles. The van der Waals surface area contributed by atoms with Crippen LogP contribution in [0.1, 0.15) is 39.7 Å². The molecule has 2 rings (SSSR count). The minimum atomic E-state index is -1.05. The lowest BCUT2D eigenvalue weighted by atomic mass is 10.1. The Labute approximate surface area is 146 Å². The molecule has 134 valence electrons. The number of rotatable bonds is 7. The second-order valence-corrected chi connectivity index (χ2v) is 6.19. The second-order valence-electron chi connectivity index (χ2n) is 6.19. The molecule has 1 unspecified atom stereocenters. The van der Waals surface area contributed by atoms with Crippen molar-refractivity contribution in [1.29, 1.82) is 0 Å². The van der Waals surface area contributed by atoms with Gasteiger partial charge in [-0.25, -0.2) is 0 Å². The highest BCUT2D eigenvalue weighted by Crippen LogP contribution is 2.22. The maximum atomic E-state index is 12.5. The summed E-state index contributed by atoms with van der Waals surface area (Å²) < 4.78 is 11.0. The Morgan fingerprint density at radius 1 is 1.20 bits per heavy atom. The van der Waals surface area contributed by atoms with E-state index >= 15 is 0 Å². The van der Waals surface area contributed by atoms with Crippen molar-refractivity contribution in [2.24, 2.45) is 0 Å². The average molecular weight is 345 g/mol. The predicted molar refractivity (Wildman–Crippen MR) is 93.1 cm³/mol. The van der Waals surface area contributed by atoms with Crippen LogP contribution in [0.15, 0.2) is 28.9 Å². The van der Waals surface area contributed by atoms with Crippen LogP contribution < -0.4 is 10.1 Å². The fraction of sp³-hybridized carbons (Fsp3) is 0.368. The van der Waals surface area contributed by atoms with Crippen molar-refractivity contribution in [1.82, 2.24) is 5.32 Å². The fourth-order valence-corrected chi connectivity index (χ4v) is 2.64. The third-order valence-electron chi connectivity index (χ3n) is 3.85. The van der Waals surface area contributed by atoms with Gasteiger partial charge in [0.1, 0.15) is 24.5 Å². The smallest absolute Gasteiger partial charge is 0.311 e. The van der Waals surface area contributed by atoms with E-state index in [0.717, 1.165) is 16.9 Å². The molecule has 0 spiro atoms. The number of carboxylic acid groups (broad SMARTS) is 1. The summed E-state index contributed by atoms with van der Waals surface area (Å²) in [5.41, 5.74) is 2.96. The van der Waals surface area contributed by atoms with Crippen LogP contribution in [-0.2, 0) is 11.2 Å². The molecule has 0 aliphatic heterocycles. The van der Waals surface area contributed by atoms with Crippen molar-refractivity contribution in [2.75, 3.05) is 6.61 Å². The van der Waals surface area contributed by atoms with Gasteiger partial charge >= 0.3 is 5.97 Å². The molecule has 2 aromatic rings. The minimum Gasteiger partial charge on any atom is -0.491 e. The average Bonchev–Trinajstić information content (AvgIpc) is 2.86. The molecule has 0 bridgehead atoms. The Kier molecular flexibility index (Phi) is 5.85. The van der Waals surface area contributed by atoms with Crippen LogP contribution in [0.3, 0.4) is 0 Å². The quantitative estimate of drug-likeness (QED) is 0.805. The number of amides is 1. The maximum absolute atomic E-state index is 12.5. The van der Waals surface area contributed by atoms with Crippen molar-refractivity contribution in [2.45, 2.75) is 40.2 Å². The number of ether oxygens (including phenoxy) is 1. The van der Waals surface area contributed by atoms with Crippen molar-refractivity contribution in [3.8, 4) is 5.75 Å². The zero-order chi connectivity index (χ0) is 18.6. The SMILES string of the molecule is Cc1cccc(C)c1OCC(C)NC(=O)c1c(C)coc1CC(=O)O. The van der Waals surface area contributed by atoms with Crippen molar-refractivity contribution in [3.05, 3.63) is 52.5 Å². The molecule has 0 fully saturated rings. The van der Waals surface area contributed by atoms with Gasteiger partial charge in [0.2, 0.25) is 0 Å². The molecule has 0 saturated heterocycles. The number of carboxylic acids is 1. The molecule has 1 aromatic carbocycles. The number of hydrogen-bond donors (Lipinski definition) is 2. The van der Waals surface area contributed by atoms with Gasteiger partial charge in [-0.1, -0.05) is 18.2 Å². The first kappa shape index (κ1) is 18.6. The molecule has 6 nitrogen and oxygen atoms in total. The van der Waals surface area contributed by atoms with Crippen LogP contribution in [0, 0.1) is 20.8 Å². The zero-order valence-corrected chi connectivity index (χ0v) is 14.9. The van der Waals surface area contributed by atoms with Gasteiger partial charge in [-0.15, -0.1) is 0 Å². The summed E-state index contributed by atoms with van der Waals surface area (Å²) in [6.07, 6.45) is 1.06. The molecule has 1 heterocycles. The molecule has 25 heavy (non-hydrogen) atoms. The van der Waals surface area contributed by atoms with E-state index in [-0.39, 0.29) is 29.7 Å². The van der Waals surface area contributed by atoms with Crippen molar-refractivity contribution >= 4 is 11.9 Å². The first-order valence-electron chi connectivity index (χ1n) is 8.08. The Morgan fingerprint density at radius 2 is 1.84 bits per heavy atom. The molecule has 2 N–H and O–H groups in total. The molecule has 6 heteroatoms. The minimum absolute atomic E-state index is 0.158. The number of benzene rings is 1. The van der Waals surface area contributed by atoms with Gasteiger partial charge in [0, 0.05) is 5.56 Å². The molecule has 1 amide bonds. The van der Waals surface area contributed by atoms with Gasteiger partial charge in [0.25, 0.3) is 5.91 Å². The Balaban J connectivity index is 2.01. The Morgan fingerprint density at radius 3 is 2.44 bits per heavy atom. The van der Waals surface area contributed by atoms with Gasteiger partial charge in [0.15, 0.2) is 0 Å². The van der Waals surface area contributed by atoms with Crippen LogP contribution >= 0.6 is 0 Å². The third-order valence-corrected chi connectivity index (χ3v) is 3.85. The Bertz CT molecular complexity index is 758. The molecule has 1 atom stereocenters. The number of hydrogen-bond acceptors (Lipinski definition) is 4. The van der Waals surface area contributed by atoms with E-state index < -0.39 is 5.97 Å². The number of carbonyl (C=O) groups excluding carboxylic acids is 1. The normalized spacial score (nSPS) is 11.8. The lowest BCUT2D eigenvalue weighted by Crippen LogP contribution is -2.37. The van der Waals surface area contributed by atoms with E-state index in [2.05, 4.69) is 5.32 Å². The van der Waals surface area contributed by atoms with Crippen LogP contribution in [-0.4, -0.2) is 29.6 Å². The van der Waals surface area contributed by atoms with Crippen LogP contribution in [0.4, 0.5) is 0 Å². The number of furan rings is 1. The number of aliphatic carboxylic acids is 1. The van der Waals surface area contributed by atoms with Crippen LogP contribution in [0.2, 0.25) is 0 Å². The largest absolute Gasteiger partial charge is 0.491 e. The van der Waals surface area contributed by atoms with E-state index in [1.54, 1.807) is 6.92 Å². The van der Waals surface area contributed by atoms with Gasteiger partial charge < -0.3 is 19.6 Å². The third kappa shape index (κ3) is 4.62. The van der Waals surface area contributed by atoms with Gasteiger partial charge in [-0.3, -0.25) is 9.59 Å². The van der Waals surface area contributed by atoms with E-state index in [1.165, 1.54) is 6.26 Å². The molecule has 0 aliphatic carbocycles. The van der Waals surface area contributed by atoms with E-state index in [1.807, 2.05) is 39.0 Å². The highest BCUT2D eigenvalue weighted by Gasteiger charge is 2.22.